The summed E-state index contributed by atoms with van der Waals surface area (Å²) in [4.78, 5) is 14.9. The lowest BCUT2D eigenvalue weighted by atomic mass is 10.0. The van der Waals surface area contributed by atoms with Crippen molar-refractivity contribution in [2.75, 3.05) is 0 Å². The summed E-state index contributed by atoms with van der Waals surface area (Å²) in [5.41, 5.74) is 1.20. The van der Waals surface area contributed by atoms with E-state index in [1.807, 2.05) is 25.1 Å². The number of hydrogen-bond acceptors (Lipinski definition) is 2. The summed E-state index contributed by atoms with van der Waals surface area (Å²) in [6, 6.07) is 7.51. The molecule has 0 atom stereocenters. The van der Waals surface area contributed by atoms with Gasteiger partial charge in [0.05, 0.1) is 0 Å². The molecule has 0 aliphatic carbocycles. The van der Waals surface area contributed by atoms with Gasteiger partial charge in [0.1, 0.15) is 10.3 Å². The quantitative estimate of drug-likeness (QED) is 0.859. The Morgan fingerprint density at radius 3 is 2.81 bits per heavy atom. The van der Waals surface area contributed by atoms with E-state index in [0.717, 1.165) is 22.8 Å². The molecule has 16 heavy (non-hydrogen) atoms. The standard InChI is InChI=1S/C12H10BrNO2/c1-2-7-4-3-5-8-9(7)6-10(12(15)16)14-11(8)13/h3-6H,2H2,1H3,(H,15,16). The molecule has 2 aromatic rings. The Labute approximate surface area is 101 Å². The molecule has 0 spiro atoms. The van der Waals surface area contributed by atoms with Crippen molar-refractivity contribution in [2.45, 2.75) is 13.3 Å². The number of aryl methyl sites for hydroxylation is 1. The Bertz CT molecular complexity index is 566. The predicted octanol–water partition coefficient (Wildman–Crippen LogP) is 3.26. The summed E-state index contributed by atoms with van der Waals surface area (Å²) in [5.74, 6) is -1.01. The highest BCUT2D eigenvalue weighted by molar-refractivity contribution is 9.10. The lowest BCUT2D eigenvalue weighted by Gasteiger charge is -2.06. The van der Waals surface area contributed by atoms with Gasteiger partial charge in [-0.3, -0.25) is 0 Å². The van der Waals surface area contributed by atoms with Gasteiger partial charge in [0.15, 0.2) is 0 Å². The molecule has 0 amide bonds. The predicted molar refractivity (Wildman–Crippen MR) is 65.8 cm³/mol. The molecule has 1 heterocycles. The SMILES string of the molecule is CCc1cccc2c(Br)nc(C(=O)O)cc12. The summed E-state index contributed by atoms with van der Waals surface area (Å²) in [6.45, 7) is 2.05. The Morgan fingerprint density at radius 2 is 2.19 bits per heavy atom. The van der Waals surface area contributed by atoms with Crippen molar-refractivity contribution in [2.24, 2.45) is 0 Å². The van der Waals surface area contributed by atoms with Crippen LogP contribution in [0, 0.1) is 0 Å². The van der Waals surface area contributed by atoms with E-state index in [9.17, 15) is 4.79 Å². The summed E-state index contributed by atoms with van der Waals surface area (Å²) in [6.07, 6.45) is 0.868. The van der Waals surface area contributed by atoms with Crippen LogP contribution < -0.4 is 0 Å². The van der Waals surface area contributed by atoms with Crippen LogP contribution in [-0.2, 0) is 6.42 Å². The first-order chi connectivity index (χ1) is 7.63. The number of carboxylic acid groups (broad SMARTS) is 1. The van der Waals surface area contributed by atoms with Gasteiger partial charge in [0.25, 0.3) is 0 Å². The number of aromatic nitrogens is 1. The molecule has 0 aliphatic heterocycles. The van der Waals surface area contributed by atoms with Gasteiger partial charge >= 0.3 is 5.97 Å². The first-order valence-electron chi connectivity index (χ1n) is 4.95. The second kappa shape index (κ2) is 4.22. The fraction of sp³-hybridized carbons (Fsp3) is 0.167. The van der Waals surface area contributed by atoms with Crippen LogP contribution in [0.1, 0.15) is 23.0 Å². The highest BCUT2D eigenvalue weighted by Crippen LogP contribution is 2.26. The van der Waals surface area contributed by atoms with Gasteiger partial charge in [-0.05, 0) is 39.4 Å². The molecule has 0 aliphatic rings. The summed E-state index contributed by atoms with van der Waals surface area (Å²) in [7, 11) is 0. The molecule has 82 valence electrons. The lowest BCUT2D eigenvalue weighted by molar-refractivity contribution is 0.0690. The van der Waals surface area contributed by atoms with E-state index in [0.29, 0.717) is 4.60 Å². The summed E-state index contributed by atoms with van der Waals surface area (Å²) in [5, 5.41) is 10.8. The van der Waals surface area contributed by atoms with E-state index in [-0.39, 0.29) is 5.69 Å². The Morgan fingerprint density at radius 1 is 1.44 bits per heavy atom. The van der Waals surface area contributed by atoms with Crippen molar-refractivity contribution in [3.05, 3.63) is 40.1 Å². The van der Waals surface area contributed by atoms with E-state index in [2.05, 4.69) is 20.9 Å². The van der Waals surface area contributed by atoms with Gasteiger partial charge in [-0.1, -0.05) is 25.1 Å². The average molecular weight is 280 g/mol. The van der Waals surface area contributed by atoms with Crippen LogP contribution in [-0.4, -0.2) is 16.1 Å². The molecule has 1 aromatic carbocycles. The first-order valence-corrected chi connectivity index (χ1v) is 5.74. The van der Waals surface area contributed by atoms with Crippen LogP contribution in [0.15, 0.2) is 28.9 Å². The first kappa shape index (κ1) is 11.1. The highest BCUT2D eigenvalue weighted by atomic mass is 79.9. The molecule has 0 radical (unpaired) electrons. The molecule has 0 saturated heterocycles. The van der Waals surface area contributed by atoms with Gasteiger partial charge in [-0.25, -0.2) is 9.78 Å². The number of aromatic carboxylic acids is 1. The average Bonchev–Trinajstić information content (AvgIpc) is 2.28. The molecule has 0 saturated carbocycles. The zero-order valence-corrected chi connectivity index (χ0v) is 10.3. The maximum atomic E-state index is 10.9. The highest BCUT2D eigenvalue weighted by Gasteiger charge is 2.10. The zero-order valence-electron chi connectivity index (χ0n) is 8.70. The van der Waals surface area contributed by atoms with E-state index >= 15 is 0 Å². The third-order valence-corrected chi connectivity index (χ3v) is 3.12. The minimum Gasteiger partial charge on any atom is -0.477 e. The molecular weight excluding hydrogens is 270 g/mol. The minimum atomic E-state index is -1.01. The van der Waals surface area contributed by atoms with Crippen LogP contribution in [0.4, 0.5) is 0 Å². The second-order valence-electron chi connectivity index (χ2n) is 3.47. The molecule has 1 aromatic heterocycles. The maximum Gasteiger partial charge on any atom is 0.354 e. The normalized spacial score (nSPS) is 10.6. The Balaban J connectivity index is 2.82. The Kier molecular flexibility index (Phi) is 2.92. The van der Waals surface area contributed by atoms with Crippen LogP contribution in [0.3, 0.4) is 0 Å². The molecular formula is C12H10BrNO2. The van der Waals surface area contributed by atoms with E-state index in [1.165, 1.54) is 0 Å². The van der Waals surface area contributed by atoms with Gasteiger partial charge in [-0.2, -0.15) is 0 Å². The van der Waals surface area contributed by atoms with E-state index in [1.54, 1.807) is 6.07 Å². The van der Waals surface area contributed by atoms with Crippen molar-refractivity contribution < 1.29 is 9.90 Å². The topological polar surface area (TPSA) is 50.2 Å². The van der Waals surface area contributed by atoms with Gasteiger partial charge in [0, 0.05) is 5.39 Å². The number of carbonyl (C=O) groups is 1. The monoisotopic (exact) mass is 279 g/mol. The summed E-state index contributed by atoms with van der Waals surface area (Å²) < 4.78 is 0.581. The Hall–Kier alpha value is -1.42. The second-order valence-corrected chi connectivity index (χ2v) is 4.22. The fourth-order valence-electron chi connectivity index (χ4n) is 1.72. The van der Waals surface area contributed by atoms with Crippen molar-refractivity contribution >= 4 is 32.7 Å². The number of fused-ring (bicyclic) bond motifs is 1. The van der Waals surface area contributed by atoms with E-state index < -0.39 is 5.97 Å². The molecule has 1 N–H and O–H groups in total. The maximum absolute atomic E-state index is 10.9. The smallest absolute Gasteiger partial charge is 0.354 e. The molecule has 3 nitrogen and oxygen atoms in total. The molecule has 0 unspecified atom stereocenters. The number of carboxylic acids is 1. The van der Waals surface area contributed by atoms with Crippen LogP contribution in [0.25, 0.3) is 10.8 Å². The number of nitrogens with zero attached hydrogens (tertiary/aromatic N) is 1. The molecule has 0 bridgehead atoms. The zero-order chi connectivity index (χ0) is 11.7. The molecule has 0 fully saturated rings. The number of pyridine rings is 1. The fourth-order valence-corrected chi connectivity index (χ4v) is 2.25. The van der Waals surface area contributed by atoms with Crippen molar-refractivity contribution in [3.63, 3.8) is 0 Å². The third kappa shape index (κ3) is 1.80. The van der Waals surface area contributed by atoms with Crippen molar-refractivity contribution in [3.8, 4) is 0 Å². The van der Waals surface area contributed by atoms with Gasteiger partial charge < -0.3 is 5.11 Å². The van der Waals surface area contributed by atoms with Crippen LogP contribution in [0.5, 0.6) is 0 Å². The lowest BCUT2D eigenvalue weighted by Crippen LogP contribution is -2.01. The van der Waals surface area contributed by atoms with Gasteiger partial charge in [-0.15, -0.1) is 0 Å². The van der Waals surface area contributed by atoms with Crippen LogP contribution in [0.2, 0.25) is 0 Å². The number of halogens is 1. The molecule has 2 rings (SSSR count). The van der Waals surface area contributed by atoms with Crippen LogP contribution >= 0.6 is 15.9 Å². The van der Waals surface area contributed by atoms with Gasteiger partial charge in [0.2, 0.25) is 0 Å². The minimum absolute atomic E-state index is 0.0697. The summed E-state index contributed by atoms with van der Waals surface area (Å²) >= 11 is 3.30. The molecule has 4 heteroatoms. The van der Waals surface area contributed by atoms with Crippen molar-refractivity contribution in [1.29, 1.82) is 0 Å². The van der Waals surface area contributed by atoms with Crippen molar-refractivity contribution in [1.82, 2.24) is 4.98 Å². The van der Waals surface area contributed by atoms with E-state index in [4.69, 9.17) is 5.11 Å². The number of hydrogen-bond donors (Lipinski definition) is 1. The number of rotatable bonds is 2. The largest absolute Gasteiger partial charge is 0.477 e. The third-order valence-electron chi connectivity index (χ3n) is 2.52. The number of benzene rings is 1.